The minimum absolute atomic E-state index is 0.0258. The number of aromatic nitrogens is 4. The number of hydrogen-bond donors (Lipinski definition) is 4. The molecule has 3 aromatic rings. The summed E-state index contributed by atoms with van der Waals surface area (Å²) in [5.41, 5.74) is 3.73. The van der Waals surface area contributed by atoms with Crippen LogP contribution in [0.4, 0.5) is 13.2 Å². The van der Waals surface area contributed by atoms with Crippen LogP contribution in [0.3, 0.4) is 0 Å². The smallest absolute Gasteiger partial charge is 0.272 e. The van der Waals surface area contributed by atoms with Crippen LogP contribution in [-0.4, -0.2) is 50.7 Å². The van der Waals surface area contributed by atoms with Crippen molar-refractivity contribution in [3.05, 3.63) is 53.0 Å². The Hall–Kier alpha value is -3.83. The van der Waals surface area contributed by atoms with Crippen molar-refractivity contribution >= 4 is 29.0 Å². The first-order valence-electron chi connectivity index (χ1n) is 10.8. The third-order valence-electron chi connectivity index (χ3n) is 5.55. The number of rotatable bonds is 9. The van der Waals surface area contributed by atoms with E-state index >= 15 is 0 Å². The van der Waals surface area contributed by atoms with E-state index in [1.165, 1.54) is 18.5 Å². The van der Waals surface area contributed by atoms with Gasteiger partial charge in [0.15, 0.2) is 11.3 Å². The van der Waals surface area contributed by atoms with E-state index < -0.39 is 24.7 Å². The minimum atomic E-state index is -2.62. The summed E-state index contributed by atoms with van der Waals surface area (Å²) >= 11 is 0. The number of imidazole rings is 1. The van der Waals surface area contributed by atoms with Crippen molar-refractivity contribution in [2.75, 3.05) is 6.54 Å². The molecule has 0 atom stereocenters. The number of alkyl halides is 2. The normalized spacial score (nSPS) is 14.6. The van der Waals surface area contributed by atoms with Crippen LogP contribution in [0, 0.1) is 11.2 Å². The number of carbonyl (C=O) groups excluding carboxylic acids is 1. The lowest BCUT2D eigenvalue weighted by Gasteiger charge is -2.09. The molecule has 4 N–H and O–H groups in total. The van der Waals surface area contributed by atoms with Crippen molar-refractivity contribution in [2.24, 2.45) is 5.10 Å². The molecule has 9 nitrogen and oxygen atoms in total. The first kappa shape index (κ1) is 23.3. The lowest BCUT2D eigenvalue weighted by Crippen LogP contribution is -2.24. The van der Waals surface area contributed by atoms with Gasteiger partial charge in [-0.25, -0.2) is 28.1 Å². The third-order valence-corrected chi connectivity index (χ3v) is 5.55. The van der Waals surface area contributed by atoms with E-state index in [0.29, 0.717) is 22.6 Å². The zero-order chi connectivity index (χ0) is 24.1. The predicted octanol–water partition coefficient (Wildman–Crippen LogP) is 3.29. The first-order valence-corrected chi connectivity index (χ1v) is 10.8. The topological polar surface area (TPSA) is 132 Å². The Morgan fingerprint density at radius 1 is 1.26 bits per heavy atom. The number of benzene rings is 1. The van der Waals surface area contributed by atoms with Crippen molar-refractivity contribution < 1.29 is 18.0 Å². The molecule has 1 fully saturated rings. The molecule has 178 valence electrons. The molecule has 12 heteroatoms. The Morgan fingerprint density at radius 3 is 2.79 bits per heavy atom. The summed E-state index contributed by atoms with van der Waals surface area (Å²) in [4.78, 5) is 28.8. The summed E-state index contributed by atoms with van der Waals surface area (Å²) in [6, 6.07) is 3.87. The Bertz CT molecular complexity index is 1220. The van der Waals surface area contributed by atoms with Crippen molar-refractivity contribution in [2.45, 2.75) is 44.6 Å². The molecule has 1 aliphatic rings. The highest BCUT2D eigenvalue weighted by Crippen LogP contribution is 2.33. The summed E-state index contributed by atoms with van der Waals surface area (Å²) in [5, 5.41) is 13.9. The predicted molar refractivity (Wildman–Crippen MR) is 120 cm³/mol. The second-order valence-corrected chi connectivity index (χ2v) is 7.95. The lowest BCUT2D eigenvalue weighted by molar-refractivity contribution is 0.0947. The molecule has 4 rings (SSSR count). The Kier molecular flexibility index (Phi) is 7.14. The van der Waals surface area contributed by atoms with Gasteiger partial charge < -0.3 is 21.1 Å². The van der Waals surface area contributed by atoms with Gasteiger partial charge in [0.25, 0.3) is 12.3 Å². The number of H-pyrrole nitrogens is 1. The van der Waals surface area contributed by atoms with Crippen LogP contribution in [0.2, 0.25) is 0 Å². The van der Waals surface area contributed by atoms with Gasteiger partial charge >= 0.3 is 0 Å². The second kappa shape index (κ2) is 10.4. The van der Waals surface area contributed by atoms with Gasteiger partial charge in [0, 0.05) is 24.2 Å². The van der Waals surface area contributed by atoms with Gasteiger partial charge in [-0.1, -0.05) is 12.8 Å². The van der Waals surface area contributed by atoms with Gasteiger partial charge in [0.2, 0.25) is 0 Å². The fraction of sp³-hybridized carbons (Fsp3) is 0.364. The van der Waals surface area contributed by atoms with Crippen LogP contribution in [0.25, 0.3) is 11.2 Å². The van der Waals surface area contributed by atoms with Gasteiger partial charge in [-0.15, -0.1) is 0 Å². The van der Waals surface area contributed by atoms with E-state index in [2.05, 4.69) is 35.8 Å². The van der Waals surface area contributed by atoms with E-state index in [0.717, 1.165) is 43.8 Å². The highest BCUT2D eigenvalue weighted by Gasteiger charge is 2.23. The molecule has 0 saturated heterocycles. The molecule has 2 aromatic heterocycles. The number of amides is 1. The number of hydrogen-bond acceptors (Lipinski definition) is 7. The fourth-order valence-electron chi connectivity index (χ4n) is 3.96. The van der Waals surface area contributed by atoms with Crippen LogP contribution in [0.1, 0.15) is 59.0 Å². The Morgan fingerprint density at radius 2 is 2.06 bits per heavy atom. The van der Waals surface area contributed by atoms with Crippen molar-refractivity contribution in [1.29, 1.82) is 5.41 Å². The highest BCUT2D eigenvalue weighted by molar-refractivity contribution is 6.37. The molecule has 0 unspecified atom stereocenters. The number of hydrazone groups is 1. The second-order valence-electron chi connectivity index (χ2n) is 7.95. The van der Waals surface area contributed by atoms with Gasteiger partial charge in [-0.05, 0) is 36.6 Å². The number of nitrogens with one attached hydrogen (secondary N) is 4. The molecule has 1 amide bonds. The molecule has 1 saturated carbocycles. The quantitative estimate of drug-likeness (QED) is 0.280. The molecule has 0 radical (unpaired) electrons. The summed E-state index contributed by atoms with van der Waals surface area (Å²) in [5.74, 6) is 0.00943. The van der Waals surface area contributed by atoms with Gasteiger partial charge in [-0.2, -0.15) is 5.10 Å². The summed E-state index contributed by atoms with van der Waals surface area (Å²) in [7, 11) is 0. The zero-order valence-corrected chi connectivity index (χ0v) is 18.1. The van der Waals surface area contributed by atoms with E-state index in [1.807, 2.05) is 0 Å². The molecule has 1 aromatic carbocycles. The highest BCUT2D eigenvalue weighted by atomic mass is 19.3. The van der Waals surface area contributed by atoms with E-state index in [-0.39, 0.29) is 23.5 Å². The first-order chi connectivity index (χ1) is 16.4. The van der Waals surface area contributed by atoms with E-state index in [9.17, 15) is 18.0 Å². The van der Waals surface area contributed by atoms with Crippen LogP contribution in [-0.2, 0) is 6.54 Å². The monoisotopic (exact) mass is 472 g/mol. The molecule has 0 aliphatic heterocycles. The molecular weight excluding hydrogens is 449 g/mol. The fourth-order valence-corrected chi connectivity index (χ4v) is 3.96. The maximum atomic E-state index is 14.2. The lowest BCUT2D eigenvalue weighted by atomic mass is 10.1. The number of halogens is 3. The molecule has 0 bridgehead atoms. The standard InChI is InChI=1S/C22H23F3N8O/c23-15-6-12(5-14(7-15)16(8-26)33-30-10-17(24)25)9-27-22(34)19-18-21(29-11-28-19)32-20(31-18)13-3-1-2-4-13/h5-8,11,13,17,26,30H,1-4,9-10H2,(H,27,34)(H,28,29,31,32)/b26-8?,33-16+. The number of fused-ring (bicyclic) bond motifs is 1. The molecule has 0 spiro atoms. The summed E-state index contributed by atoms with van der Waals surface area (Å²) in [6.45, 7) is -0.729. The summed E-state index contributed by atoms with van der Waals surface area (Å²) in [6.07, 6.45) is 3.84. The number of carbonyl (C=O) groups is 1. The van der Waals surface area contributed by atoms with Crippen molar-refractivity contribution in [3.63, 3.8) is 0 Å². The van der Waals surface area contributed by atoms with Gasteiger partial charge in [0.05, 0.1) is 6.54 Å². The Labute approximate surface area is 192 Å². The largest absolute Gasteiger partial charge is 0.347 e. The van der Waals surface area contributed by atoms with Crippen LogP contribution < -0.4 is 10.7 Å². The van der Waals surface area contributed by atoms with E-state index in [4.69, 9.17) is 5.41 Å². The van der Waals surface area contributed by atoms with E-state index in [1.54, 1.807) is 0 Å². The average molecular weight is 472 g/mol. The number of aromatic amines is 1. The maximum Gasteiger partial charge on any atom is 0.272 e. The maximum absolute atomic E-state index is 14.2. The third kappa shape index (κ3) is 5.38. The van der Waals surface area contributed by atoms with Crippen LogP contribution >= 0.6 is 0 Å². The molecule has 2 heterocycles. The Balaban J connectivity index is 1.50. The minimum Gasteiger partial charge on any atom is -0.347 e. The van der Waals surface area contributed by atoms with Gasteiger partial charge in [-0.3, -0.25) is 4.79 Å². The van der Waals surface area contributed by atoms with Crippen molar-refractivity contribution in [1.82, 2.24) is 30.7 Å². The van der Waals surface area contributed by atoms with Gasteiger partial charge in [0.1, 0.15) is 29.2 Å². The summed E-state index contributed by atoms with van der Waals surface area (Å²) < 4.78 is 38.8. The number of nitrogens with zero attached hydrogens (tertiary/aromatic N) is 4. The molecule has 1 aliphatic carbocycles. The van der Waals surface area contributed by atoms with Crippen LogP contribution in [0.15, 0.2) is 29.6 Å². The zero-order valence-electron chi connectivity index (χ0n) is 18.1. The SMILES string of the molecule is N=C/C(=N\NCC(F)F)c1cc(F)cc(CNC(=O)c2ncnc3nc(C4CCCC4)[nH]c23)c1. The average Bonchev–Trinajstić information content (AvgIpc) is 3.49. The van der Waals surface area contributed by atoms with Crippen LogP contribution in [0.5, 0.6) is 0 Å². The molecule has 34 heavy (non-hydrogen) atoms. The van der Waals surface area contributed by atoms with Crippen molar-refractivity contribution in [3.8, 4) is 0 Å². The molecular formula is C22H23F3N8O.